The van der Waals surface area contributed by atoms with Crippen LogP contribution in [0.2, 0.25) is 0 Å². The lowest BCUT2D eigenvalue weighted by Crippen LogP contribution is -2.45. The Morgan fingerprint density at radius 3 is 3.10 bits per heavy atom. The molecule has 3 rings (SSSR count). The maximum Gasteiger partial charge on any atom is 0.240 e. The first-order valence-electron chi connectivity index (χ1n) is 7.41. The summed E-state index contributed by atoms with van der Waals surface area (Å²) in [6.45, 7) is 7.66. The van der Waals surface area contributed by atoms with Crippen molar-refractivity contribution in [1.29, 1.82) is 0 Å². The highest BCUT2D eigenvalue weighted by atomic mass is 16.5. The van der Waals surface area contributed by atoms with E-state index in [-0.39, 0.29) is 0 Å². The van der Waals surface area contributed by atoms with Gasteiger partial charge in [0, 0.05) is 44.0 Å². The summed E-state index contributed by atoms with van der Waals surface area (Å²) in [5.74, 6) is 1.76. The monoisotopic (exact) mass is 287 g/mol. The largest absolute Gasteiger partial charge is 0.338 e. The molecule has 3 heterocycles. The van der Waals surface area contributed by atoms with Gasteiger partial charge in [-0.05, 0) is 11.6 Å². The summed E-state index contributed by atoms with van der Waals surface area (Å²) in [4.78, 5) is 11.1. The first-order chi connectivity index (χ1) is 10.2. The molecule has 1 atom stereocenters. The van der Waals surface area contributed by atoms with Gasteiger partial charge < -0.3 is 9.84 Å². The summed E-state index contributed by atoms with van der Waals surface area (Å²) in [7, 11) is 0. The average Bonchev–Trinajstić information content (AvgIpc) is 2.98. The number of hydrogen-bond donors (Lipinski definition) is 1. The number of nitrogens with one attached hydrogen (secondary N) is 1. The fraction of sp³-hybridized carbons (Fsp3) is 0.533. The zero-order valence-corrected chi connectivity index (χ0v) is 12.5. The zero-order chi connectivity index (χ0) is 14.7. The van der Waals surface area contributed by atoms with Gasteiger partial charge in [0.2, 0.25) is 5.89 Å². The maximum absolute atomic E-state index is 5.37. The van der Waals surface area contributed by atoms with Crippen molar-refractivity contribution in [2.24, 2.45) is 0 Å². The first-order valence-corrected chi connectivity index (χ1v) is 7.41. The van der Waals surface area contributed by atoms with Crippen molar-refractivity contribution in [2.75, 3.05) is 19.6 Å². The molecule has 0 aliphatic carbocycles. The molecule has 0 radical (unpaired) electrons. The van der Waals surface area contributed by atoms with Gasteiger partial charge in [0.15, 0.2) is 5.82 Å². The quantitative estimate of drug-likeness (QED) is 0.924. The van der Waals surface area contributed by atoms with Crippen LogP contribution in [0.5, 0.6) is 0 Å². The molecule has 0 saturated carbocycles. The van der Waals surface area contributed by atoms with Gasteiger partial charge in [0.1, 0.15) is 0 Å². The van der Waals surface area contributed by atoms with Gasteiger partial charge >= 0.3 is 0 Å². The number of rotatable bonds is 4. The van der Waals surface area contributed by atoms with E-state index in [9.17, 15) is 0 Å². The topological polar surface area (TPSA) is 67.1 Å². The summed E-state index contributed by atoms with van der Waals surface area (Å²) < 4.78 is 5.37. The Labute approximate surface area is 124 Å². The molecule has 0 amide bonds. The van der Waals surface area contributed by atoms with Gasteiger partial charge in [0.05, 0.1) is 6.54 Å². The van der Waals surface area contributed by atoms with Gasteiger partial charge in [-0.2, -0.15) is 4.98 Å². The smallest absolute Gasteiger partial charge is 0.240 e. The minimum absolute atomic E-state index is 0.291. The highest BCUT2D eigenvalue weighted by Crippen LogP contribution is 2.23. The molecule has 1 aliphatic heterocycles. The Kier molecular flexibility index (Phi) is 4.26. The molecule has 1 aliphatic rings. The summed E-state index contributed by atoms with van der Waals surface area (Å²) in [5, 5.41) is 7.47. The molecule has 1 saturated heterocycles. The lowest BCUT2D eigenvalue weighted by molar-refractivity contribution is 0.135. The van der Waals surface area contributed by atoms with Gasteiger partial charge in [-0.1, -0.05) is 25.1 Å². The average molecular weight is 287 g/mol. The van der Waals surface area contributed by atoms with Crippen LogP contribution in [0.1, 0.15) is 43.1 Å². The molecule has 1 unspecified atom stereocenters. The minimum Gasteiger partial charge on any atom is -0.338 e. The number of nitrogens with zero attached hydrogens (tertiary/aromatic N) is 4. The van der Waals surface area contributed by atoms with Crippen LogP contribution in [0.15, 0.2) is 29.0 Å². The second kappa shape index (κ2) is 6.32. The maximum atomic E-state index is 5.37. The van der Waals surface area contributed by atoms with Crippen molar-refractivity contribution < 1.29 is 4.52 Å². The molecule has 21 heavy (non-hydrogen) atoms. The van der Waals surface area contributed by atoms with Gasteiger partial charge in [-0.15, -0.1) is 0 Å². The highest BCUT2D eigenvalue weighted by molar-refractivity contribution is 5.15. The van der Waals surface area contributed by atoms with E-state index in [2.05, 4.69) is 45.3 Å². The second-order valence-corrected chi connectivity index (χ2v) is 5.68. The van der Waals surface area contributed by atoms with Gasteiger partial charge in [0.25, 0.3) is 0 Å². The van der Waals surface area contributed by atoms with E-state index >= 15 is 0 Å². The fourth-order valence-electron chi connectivity index (χ4n) is 2.58. The molecular formula is C15H21N5O. The van der Waals surface area contributed by atoms with E-state index in [0.29, 0.717) is 24.4 Å². The van der Waals surface area contributed by atoms with Crippen molar-refractivity contribution >= 4 is 0 Å². The Morgan fingerprint density at radius 1 is 1.48 bits per heavy atom. The van der Waals surface area contributed by atoms with E-state index in [0.717, 1.165) is 25.5 Å². The van der Waals surface area contributed by atoms with Crippen molar-refractivity contribution in [1.82, 2.24) is 25.3 Å². The summed E-state index contributed by atoms with van der Waals surface area (Å²) in [5.41, 5.74) is 1.22. The highest BCUT2D eigenvalue weighted by Gasteiger charge is 2.25. The molecule has 0 spiro atoms. The number of pyridine rings is 1. The van der Waals surface area contributed by atoms with Crippen LogP contribution in [0.4, 0.5) is 0 Å². The van der Waals surface area contributed by atoms with Crippen molar-refractivity contribution in [3.63, 3.8) is 0 Å². The molecule has 1 N–H and O–H groups in total. The van der Waals surface area contributed by atoms with Crippen LogP contribution in [0, 0.1) is 0 Å². The van der Waals surface area contributed by atoms with Gasteiger partial charge in [-0.25, -0.2) is 0 Å². The van der Waals surface area contributed by atoms with E-state index in [1.807, 2.05) is 12.3 Å². The predicted molar refractivity (Wildman–Crippen MR) is 78.6 cm³/mol. The normalized spacial score (nSPS) is 20.0. The Bertz CT molecular complexity index is 568. The van der Waals surface area contributed by atoms with Gasteiger partial charge in [-0.3, -0.25) is 9.88 Å². The SMILES string of the molecule is CC(C)c1noc(CN2CCNCC2c2cccnc2)n1. The molecule has 0 bridgehead atoms. The van der Waals surface area contributed by atoms with E-state index in [1.54, 1.807) is 6.20 Å². The van der Waals surface area contributed by atoms with E-state index in [1.165, 1.54) is 5.56 Å². The lowest BCUT2D eigenvalue weighted by atomic mass is 10.1. The van der Waals surface area contributed by atoms with Crippen LogP contribution in [0.25, 0.3) is 0 Å². The second-order valence-electron chi connectivity index (χ2n) is 5.68. The third-order valence-electron chi connectivity index (χ3n) is 3.76. The van der Waals surface area contributed by atoms with Crippen molar-refractivity contribution in [3.05, 3.63) is 41.8 Å². The molecular weight excluding hydrogens is 266 g/mol. The summed E-state index contributed by atoms with van der Waals surface area (Å²) in [6, 6.07) is 4.39. The molecule has 1 fully saturated rings. The third kappa shape index (κ3) is 3.28. The van der Waals surface area contributed by atoms with Crippen LogP contribution in [0.3, 0.4) is 0 Å². The predicted octanol–water partition coefficient (Wildman–Crippen LogP) is 1.73. The zero-order valence-electron chi connectivity index (χ0n) is 12.5. The Balaban J connectivity index is 1.75. The van der Waals surface area contributed by atoms with Crippen LogP contribution >= 0.6 is 0 Å². The van der Waals surface area contributed by atoms with E-state index in [4.69, 9.17) is 4.52 Å². The van der Waals surface area contributed by atoms with Crippen LogP contribution < -0.4 is 5.32 Å². The Hall–Kier alpha value is -1.79. The first kappa shape index (κ1) is 14.2. The standard InChI is InChI=1S/C15H21N5O/c1-11(2)15-18-14(21-19-15)10-20-7-6-17-9-13(20)12-4-3-5-16-8-12/h3-5,8,11,13,17H,6-7,9-10H2,1-2H3. The fourth-order valence-corrected chi connectivity index (χ4v) is 2.58. The molecule has 2 aromatic heterocycles. The van der Waals surface area contributed by atoms with Crippen LogP contribution in [-0.2, 0) is 6.54 Å². The molecule has 6 nitrogen and oxygen atoms in total. The number of aromatic nitrogens is 3. The number of hydrogen-bond acceptors (Lipinski definition) is 6. The molecule has 2 aromatic rings. The summed E-state index contributed by atoms with van der Waals surface area (Å²) in [6.07, 6.45) is 3.73. The molecule has 0 aromatic carbocycles. The van der Waals surface area contributed by atoms with E-state index < -0.39 is 0 Å². The lowest BCUT2D eigenvalue weighted by Gasteiger charge is -2.35. The molecule has 112 valence electrons. The van der Waals surface area contributed by atoms with Crippen LogP contribution in [-0.4, -0.2) is 39.7 Å². The number of piperazine rings is 1. The van der Waals surface area contributed by atoms with Crippen molar-refractivity contribution in [3.8, 4) is 0 Å². The Morgan fingerprint density at radius 2 is 2.38 bits per heavy atom. The van der Waals surface area contributed by atoms with Crippen molar-refractivity contribution in [2.45, 2.75) is 32.4 Å². The molecule has 6 heteroatoms. The minimum atomic E-state index is 0.291. The third-order valence-corrected chi connectivity index (χ3v) is 3.76. The summed E-state index contributed by atoms with van der Waals surface area (Å²) >= 11 is 0.